The minimum Gasteiger partial charge on any atom is -0.357 e. The third-order valence-electron chi connectivity index (χ3n) is 5.34. The van der Waals surface area contributed by atoms with Gasteiger partial charge in [0.15, 0.2) is 15.8 Å². The predicted octanol–water partition coefficient (Wildman–Crippen LogP) is 3.93. The zero-order chi connectivity index (χ0) is 19.2. The lowest BCUT2D eigenvalue weighted by Gasteiger charge is -2.24. The maximum absolute atomic E-state index is 11.6. The van der Waals surface area contributed by atoms with Gasteiger partial charge in [0.25, 0.3) is 0 Å². The minimum atomic E-state index is -3.15. The zero-order valence-corrected chi connectivity index (χ0v) is 20.1. The molecule has 0 aromatic heterocycles. The van der Waals surface area contributed by atoms with E-state index in [1.165, 1.54) is 25.5 Å². The van der Waals surface area contributed by atoms with Crippen LogP contribution in [0.2, 0.25) is 0 Å². The lowest BCUT2D eigenvalue weighted by Crippen LogP contribution is -2.40. The molecule has 1 saturated heterocycles. The van der Waals surface area contributed by atoms with Gasteiger partial charge in [0, 0.05) is 25.9 Å². The highest BCUT2D eigenvalue weighted by molar-refractivity contribution is 14.0. The van der Waals surface area contributed by atoms with Crippen LogP contribution in [0.5, 0.6) is 0 Å². The van der Waals surface area contributed by atoms with Gasteiger partial charge in [0.2, 0.25) is 0 Å². The number of rotatable bonds is 7. The number of hydrogen-bond acceptors (Lipinski definition) is 3. The Morgan fingerprint density at radius 2 is 1.85 bits per heavy atom. The molecule has 1 heterocycles. The molecule has 0 spiro atoms. The summed E-state index contributed by atoms with van der Waals surface area (Å²) in [6, 6.07) is 7.01. The van der Waals surface area contributed by atoms with E-state index in [9.17, 15) is 8.42 Å². The van der Waals surface area contributed by atoms with Crippen LogP contribution in [0.3, 0.4) is 0 Å². The summed E-state index contributed by atoms with van der Waals surface area (Å²) < 4.78 is 23.1. The standard InChI is InChI=1S/C20H33N3O2S.HI/c1-5-17(6-2)18-12-13-23(15-18)20(21-7-3)22-14-16-8-10-19(11-9-16)26(4,24)25;/h8-11,17-18H,5-7,12-15H2,1-4H3,(H,21,22);1H. The lowest BCUT2D eigenvalue weighted by molar-refractivity contribution is 0.319. The molecule has 0 aliphatic carbocycles. The first-order valence-electron chi connectivity index (χ1n) is 9.71. The number of likely N-dealkylation sites (tertiary alicyclic amines) is 1. The van der Waals surface area contributed by atoms with E-state index in [2.05, 4.69) is 31.0 Å². The van der Waals surface area contributed by atoms with E-state index in [1.807, 2.05) is 12.1 Å². The van der Waals surface area contributed by atoms with Crippen molar-refractivity contribution in [3.63, 3.8) is 0 Å². The molecule has 1 unspecified atom stereocenters. The summed E-state index contributed by atoms with van der Waals surface area (Å²) in [5, 5.41) is 3.41. The first-order valence-corrected chi connectivity index (χ1v) is 11.6. The summed E-state index contributed by atoms with van der Waals surface area (Å²) >= 11 is 0. The summed E-state index contributed by atoms with van der Waals surface area (Å²) in [4.78, 5) is 7.51. The van der Waals surface area contributed by atoms with E-state index in [0.29, 0.717) is 11.4 Å². The molecule has 7 heteroatoms. The summed E-state index contributed by atoms with van der Waals surface area (Å²) in [6.07, 6.45) is 4.96. The topological polar surface area (TPSA) is 61.8 Å². The van der Waals surface area contributed by atoms with E-state index >= 15 is 0 Å². The van der Waals surface area contributed by atoms with E-state index in [4.69, 9.17) is 4.99 Å². The molecule has 0 bridgehead atoms. The normalized spacial score (nSPS) is 17.9. The van der Waals surface area contributed by atoms with E-state index in [-0.39, 0.29) is 24.0 Å². The van der Waals surface area contributed by atoms with Crippen LogP contribution >= 0.6 is 24.0 Å². The van der Waals surface area contributed by atoms with Crippen molar-refractivity contribution >= 4 is 39.8 Å². The van der Waals surface area contributed by atoms with Gasteiger partial charge in [0.1, 0.15) is 0 Å². The monoisotopic (exact) mass is 507 g/mol. The van der Waals surface area contributed by atoms with Crippen molar-refractivity contribution in [3.05, 3.63) is 29.8 Å². The average molecular weight is 507 g/mol. The maximum Gasteiger partial charge on any atom is 0.194 e. The van der Waals surface area contributed by atoms with Crippen molar-refractivity contribution in [1.29, 1.82) is 0 Å². The van der Waals surface area contributed by atoms with Gasteiger partial charge in [-0.05, 0) is 42.9 Å². The first-order chi connectivity index (χ1) is 12.4. The number of nitrogens with zero attached hydrogens (tertiary/aromatic N) is 2. The molecule has 1 aromatic rings. The van der Waals surface area contributed by atoms with Crippen molar-refractivity contribution in [1.82, 2.24) is 10.2 Å². The van der Waals surface area contributed by atoms with E-state index < -0.39 is 9.84 Å². The molecule has 27 heavy (non-hydrogen) atoms. The highest BCUT2D eigenvalue weighted by atomic mass is 127. The number of guanidine groups is 1. The number of hydrogen-bond donors (Lipinski definition) is 1. The van der Waals surface area contributed by atoms with Crippen LogP contribution in [0.25, 0.3) is 0 Å². The fourth-order valence-electron chi connectivity index (χ4n) is 3.75. The van der Waals surface area contributed by atoms with Gasteiger partial charge < -0.3 is 10.2 Å². The summed E-state index contributed by atoms with van der Waals surface area (Å²) in [5.74, 6) is 2.52. The van der Waals surface area contributed by atoms with Crippen LogP contribution in [0.4, 0.5) is 0 Å². The molecule has 1 aliphatic rings. The second kappa shape index (κ2) is 11.2. The molecule has 1 aromatic carbocycles. The molecule has 5 nitrogen and oxygen atoms in total. The smallest absolute Gasteiger partial charge is 0.194 e. The van der Waals surface area contributed by atoms with Crippen LogP contribution in [0.15, 0.2) is 34.2 Å². The van der Waals surface area contributed by atoms with Gasteiger partial charge in [-0.1, -0.05) is 38.8 Å². The molecular weight excluding hydrogens is 473 g/mol. The fraction of sp³-hybridized carbons (Fsp3) is 0.650. The van der Waals surface area contributed by atoms with Crippen molar-refractivity contribution in [2.45, 2.75) is 51.5 Å². The lowest BCUT2D eigenvalue weighted by atomic mass is 9.87. The molecule has 0 radical (unpaired) electrons. The number of aliphatic imine (C=N–C) groups is 1. The number of benzene rings is 1. The van der Waals surface area contributed by atoms with Crippen molar-refractivity contribution in [2.75, 3.05) is 25.9 Å². The van der Waals surface area contributed by atoms with Crippen LogP contribution in [0, 0.1) is 11.8 Å². The molecular formula is C20H34IN3O2S. The van der Waals surface area contributed by atoms with Gasteiger partial charge in [-0.25, -0.2) is 13.4 Å². The number of nitrogens with one attached hydrogen (secondary N) is 1. The highest BCUT2D eigenvalue weighted by Crippen LogP contribution is 2.28. The van der Waals surface area contributed by atoms with Gasteiger partial charge in [-0.15, -0.1) is 24.0 Å². The second-order valence-corrected chi connectivity index (χ2v) is 9.17. The van der Waals surface area contributed by atoms with Gasteiger partial charge in [-0.2, -0.15) is 0 Å². The minimum absolute atomic E-state index is 0. The van der Waals surface area contributed by atoms with Crippen LogP contribution in [-0.2, 0) is 16.4 Å². The second-order valence-electron chi connectivity index (χ2n) is 7.16. The van der Waals surface area contributed by atoms with E-state index in [1.54, 1.807) is 12.1 Å². The van der Waals surface area contributed by atoms with Crippen molar-refractivity contribution < 1.29 is 8.42 Å². The average Bonchev–Trinajstić information content (AvgIpc) is 3.09. The van der Waals surface area contributed by atoms with Gasteiger partial charge in [0.05, 0.1) is 11.4 Å². The predicted molar refractivity (Wildman–Crippen MR) is 124 cm³/mol. The molecule has 1 fully saturated rings. The van der Waals surface area contributed by atoms with Crippen molar-refractivity contribution in [2.24, 2.45) is 16.8 Å². The molecule has 2 rings (SSSR count). The summed E-state index contributed by atoms with van der Waals surface area (Å²) in [5.41, 5.74) is 1.02. The Morgan fingerprint density at radius 3 is 2.37 bits per heavy atom. The highest BCUT2D eigenvalue weighted by Gasteiger charge is 2.29. The zero-order valence-electron chi connectivity index (χ0n) is 16.9. The number of sulfone groups is 1. The van der Waals surface area contributed by atoms with Crippen LogP contribution in [0.1, 0.15) is 45.6 Å². The Hall–Kier alpha value is -0.830. The summed E-state index contributed by atoms with van der Waals surface area (Å²) in [7, 11) is -3.15. The largest absolute Gasteiger partial charge is 0.357 e. The molecule has 0 amide bonds. The van der Waals surface area contributed by atoms with Crippen molar-refractivity contribution in [3.8, 4) is 0 Å². The third kappa shape index (κ3) is 6.93. The Balaban J connectivity index is 0.00000364. The molecule has 1 atom stereocenters. The first kappa shape index (κ1) is 24.2. The van der Waals surface area contributed by atoms with Gasteiger partial charge in [-0.3, -0.25) is 0 Å². The molecule has 1 aliphatic heterocycles. The molecule has 0 saturated carbocycles. The SMILES string of the molecule is CCNC(=NCc1ccc(S(C)(=O)=O)cc1)N1CCC(C(CC)CC)C1.I. The maximum atomic E-state index is 11.6. The Kier molecular flexibility index (Phi) is 10.1. The molecule has 1 N–H and O–H groups in total. The number of halogens is 1. The Labute approximate surface area is 182 Å². The van der Waals surface area contributed by atoms with Gasteiger partial charge >= 0.3 is 0 Å². The van der Waals surface area contributed by atoms with Crippen LogP contribution in [-0.4, -0.2) is 45.2 Å². The Bertz CT molecular complexity index is 700. The quantitative estimate of drug-likeness (QED) is 0.345. The Morgan fingerprint density at radius 1 is 1.22 bits per heavy atom. The molecule has 154 valence electrons. The third-order valence-corrected chi connectivity index (χ3v) is 6.47. The summed E-state index contributed by atoms with van der Waals surface area (Å²) in [6.45, 7) is 10.2. The van der Waals surface area contributed by atoms with E-state index in [0.717, 1.165) is 43.0 Å². The fourth-order valence-corrected chi connectivity index (χ4v) is 4.38. The van der Waals surface area contributed by atoms with Crippen LogP contribution < -0.4 is 5.32 Å².